The Kier molecular flexibility index (Phi) is 3.10. The van der Waals surface area contributed by atoms with Crippen LogP contribution in [0.25, 0.3) is 0 Å². The molecule has 0 radical (unpaired) electrons. The topological polar surface area (TPSA) is 29.1 Å². The fourth-order valence-corrected chi connectivity index (χ4v) is 3.23. The van der Waals surface area contributed by atoms with Gasteiger partial charge in [-0.2, -0.15) is 11.3 Å². The van der Waals surface area contributed by atoms with Crippen LogP contribution < -0.4 is 5.32 Å². The number of hydrogen-bond acceptors (Lipinski definition) is 2. The van der Waals surface area contributed by atoms with E-state index in [0.717, 1.165) is 35.2 Å². The smallest absolute Gasteiger partial charge is 0.251 e. The van der Waals surface area contributed by atoms with Crippen LogP contribution in [-0.4, -0.2) is 12.5 Å². The van der Waals surface area contributed by atoms with Crippen molar-refractivity contribution in [3.63, 3.8) is 0 Å². The molecule has 1 atom stereocenters. The summed E-state index contributed by atoms with van der Waals surface area (Å²) >= 11 is 8.07. The van der Waals surface area contributed by atoms with Crippen molar-refractivity contribution in [2.45, 2.75) is 11.8 Å². The van der Waals surface area contributed by atoms with Gasteiger partial charge in [-0.15, -0.1) is 11.6 Å². The molecule has 18 heavy (non-hydrogen) atoms. The number of carbonyl (C=O) groups is 1. The van der Waals surface area contributed by atoms with Crippen LogP contribution in [-0.2, 0) is 6.42 Å². The molecule has 1 unspecified atom stereocenters. The van der Waals surface area contributed by atoms with Gasteiger partial charge in [-0.25, -0.2) is 0 Å². The number of fused-ring (bicyclic) bond motifs is 1. The number of amides is 1. The van der Waals surface area contributed by atoms with Crippen LogP contribution in [0.4, 0.5) is 0 Å². The number of hydrogen-bond donors (Lipinski definition) is 1. The van der Waals surface area contributed by atoms with Gasteiger partial charge in [-0.05, 0) is 46.0 Å². The lowest BCUT2D eigenvalue weighted by atomic mass is 9.95. The summed E-state index contributed by atoms with van der Waals surface area (Å²) in [7, 11) is 0. The van der Waals surface area contributed by atoms with Crippen LogP contribution >= 0.6 is 22.9 Å². The van der Waals surface area contributed by atoms with E-state index >= 15 is 0 Å². The van der Waals surface area contributed by atoms with Crippen molar-refractivity contribution in [1.29, 1.82) is 0 Å². The van der Waals surface area contributed by atoms with E-state index < -0.39 is 0 Å². The number of benzene rings is 1. The van der Waals surface area contributed by atoms with Gasteiger partial charge < -0.3 is 5.32 Å². The fourth-order valence-electron chi connectivity index (χ4n) is 2.20. The second kappa shape index (κ2) is 4.75. The normalized spacial score (nSPS) is 15.9. The van der Waals surface area contributed by atoms with Crippen molar-refractivity contribution in [3.8, 4) is 0 Å². The van der Waals surface area contributed by atoms with Gasteiger partial charge in [0.2, 0.25) is 0 Å². The number of thiophene rings is 1. The molecular weight excluding hydrogens is 266 g/mol. The molecule has 2 nitrogen and oxygen atoms in total. The standard InChI is InChI=1S/C14H12ClNOS/c15-13(11-4-6-18-8-11)10-2-1-9-3-5-16-14(17)12(9)7-10/h1-2,4,6-8,13H,3,5H2,(H,16,17). The zero-order valence-electron chi connectivity index (χ0n) is 9.65. The molecule has 3 rings (SSSR count). The Balaban J connectivity index is 1.99. The highest BCUT2D eigenvalue weighted by molar-refractivity contribution is 7.08. The largest absolute Gasteiger partial charge is 0.352 e. The van der Waals surface area contributed by atoms with Gasteiger partial charge in [0.25, 0.3) is 5.91 Å². The highest BCUT2D eigenvalue weighted by atomic mass is 35.5. The van der Waals surface area contributed by atoms with Gasteiger partial charge in [-0.3, -0.25) is 4.79 Å². The molecule has 1 aromatic heterocycles. The highest BCUT2D eigenvalue weighted by Gasteiger charge is 2.19. The molecule has 92 valence electrons. The predicted octanol–water partition coefficient (Wildman–Crippen LogP) is 3.36. The van der Waals surface area contributed by atoms with Crippen LogP contribution in [0.5, 0.6) is 0 Å². The number of alkyl halides is 1. The second-order valence-electron chi connectivity index (χ2n) is 4.34. The first-order valence-electron chi connectivity index (χ1n) is 5.83. The van der Waals surface area contributed by atoms with Gasteiger partial charge in [0, 0.05) is 12.1 Å². The van der Waals surface area contributed by atoms with Gasteiger partial charge in [0.05, 0.1) is 5.38 Å². The maximum atomic E-state index is 11.8. The average molecular weight is 278 g/mol. The molecule has 0 bridgehead atoms. The molecule has 0 aliphatic carbocycles. The van der Waals surface area contributed by atoms with Crippen LogP contribution in [0.3, 0.4) is 0 Å². The fraction of sp³-hybridized carbons (Fsp3) is 0.214. The van der Waals surface area contributed by atoms with Crippen molar-refractivity contribution >= 4 is 28.8 Å². The molecule has 0 saturated carbocycles. The van der Waals surface area contributed by atoms with Gasteiger partial charge in [0.1, 0.15) is 0 Å². The lowest BCUT2D eigenvalue weighted by Gasteiger charge is -2.18. The number of nitrogens with one attached hydrogen (secondary N) is 1. The molecular formula is C14H12ClNOS. The minimum absolute atomic E-state index is 0.00675. The van der Waals surface area contributed by atoms with Gasteiger partial charge in [0.15, 0.2) is 0 Å². The van der Waals surface area contributed by atoms with E-state index in [1.165, 1.54) is 0 Å². The van der Waals surface area contributed by atoms with Gasteiger partial charge in [-0.1, -0.05) is 12.1 Å². The summed E-state index contributed by atoms with van der Waals surface area (Å²) < 4.78 is 0. The zero-order valence-corrected chi connectivity index (χ0v) is 11.2. The van der Waals surface area contributed by atoms with Crippen molar-refractivity contribution in [1.82, 2.24) is 5.32 Å². The summed E-state index contributed by atoms with van der Waals surface area (Å²) in [5, 5.41) is 6.72. The van der Waals surface area contributed by atoms with Crippen LogP contribution in [0.1, 0.15) is 32.4 Å². The monoisotopic (exact) mass is 277 g/mol. The molecule has 1 aliphatic heterocycles. The van der Waals surface area contributed by atoms with Crippen LogP contribution in [0.15, 0.2) is 35.0 Å². The number of carbonyl (C=O) groups excluding carboxylic acids is 1. The Labute approximate surface area is 115 Å². The summed E-state index contributed by atoms with van der Waals surface area (Å²) in [6.07, 6.45) is 0.896. The minimum Gasteiger partial charge on any atom is -0.352 e. The van der Waals surface area contributed by atoms with E-state index in [-0.39, 0.29) is 11.3 Å². The van der Waals surface area contributed by atoms with E-state index in [1.54, 1.807) is 11.3 Å². The summed E-state index contributed by atoms with van der Waals surface area (Å²) in [5.74, 6) is 0.00675. The number of halogens is 1. The second-order valence-corrected chi connectivity index (χ2v) is 5.56. The molecule has 0 saturated heterocycles. The maximum Gasteiger partial charge on any atom is 0.251 e. The van der Waals surface area contributed by atoms with Crippen molar-refractivity contribution < 1.29 is 4.79 Å². The SMILES string of the molecule is O=C1NCCc2ccc(C(Cl)c3ccsc3)cc21. The summed E-state index contributed by atoms with van der Waals surface area (Å²) in [4.78, 5) is 11.8. The molecule has 0 spiro atoms. The molecule has 0 fully saturated rings. The quantitative estimate of drug-likeness (QED) is 0.838. The highest BCUT2D eigenvalue weighted by Crippen LogP contribution is 2.31. The van der Waals surface area contributed by atoms with Crippen molar-refractivity contribution in [3.05, 3.63) is 57.3 Å². The Morgan fingerprint density at radius 1 is 1.28 bits per heavy atom. The summed E-state index contributed by atoms with van der Waals surface area (Å²) in [6.45, 7) is 0.722. The summed E-state index contributed by atoms with van der Waals surface area (Å²) in [5.41, 5.74) is 3.93. The van der Waals surface area contributed by atoms with Crippen molar-refractivity contribution in [2.24, 2.45) is 0 Å². The van der Waals surface area contributed by atoms with E-state index in [1.807, 2.05) is 35.0 Å². The molecule has 1 N–H and O–H groups in total. The van der Waals surface area contributed by atoms with E-state index in [9.17, 15) is 4.79 Å². The minimum atomic E-state index is -0.184. The van der Waals surface area contributed by atoms with Crippen LogP contribution in [0.2, 0.25) is 0 Å². The maximum absolute atomic E-state index is 11.8. The zero-order chi connectivity index (χ0) is 12.5. The van der Waals surface area contributed by atoms with Crippen molar-refractivity contribution in [2.75, 3.05) is 6.54 Å². The first-order valence-corrected chi connectivity index (χ1v) is 7.21. The first kappa shape index (κ1) is 11.8. The van der Waals surface area contributed by atoms with E-state index in [4.69, 9.17) is 11.6 Å². The molecule has 1 aliphatic rings. The van der Waals surface area contributed by atoms with E-state index in [2.05, 4.69) is 5.32 Å². The average Bonchev–Trinajstić information content (AvgIpc) is 2.92. The Morgan fingerprint density at radius 2 is 2.17 bits per heavy atom. The van der Waals surface area contributed by atoms with Gasteiger partial charge >= 0.3 is 0 Å². The lowest BCUT2D eigenvalue weighted by Crippen LogP contribution is -2.31. The summed E-state index contributed by atoms with van der Waals surface area (Å²) in [6, 6.07) is 7.97. The molecule has 4 heteroatoms. The molecule has 1 amide bonds. The third-order valence-corrected chi connectivity index (χ3v) is 4.39. The molecule has 1 aromatic carbocycles. The predicted molar refractivity (Wildman–Crippen MR) is 74.5 cm³/mol. The Hall–Kier alpha value is -1.32. The third kappa shape index (κ3) is 2.04. The number of rotatable bonds is 2. The Morgan fingerprint density at radius 3 is 2.94 bits per heavy atom. The molecule has 2 heterocycles. The van der Waals surface area contributed by atoms with E-state index in [0.29, 0.717) is 0 Å². The Bertz CT molecular complexity index is 579. The first-order chi connectivity index (χ1) is 8.75. The third-order valence-electron chi connectivity index (χ3n) is 3.19. The van der Waals surface area contributed by atoms with Crippen LogP contribution in [0, 0.1) is 0 Å². The lowest BCUT2D eigenvalue weighted by molar-refractivity contribution is 0.0946. The molecule has 2 aromatic rings.